The first-order valence-corrected chi connectivity index (χ1v) is 8.87. The summed E-state index contributed by atoms with van der Waals surface area (Å²) in [5.74, 6) is 2.11. The largest absolute Gasteiger partial charge is 0.497 e. The molecule has 0 fully saturated rings. The summed E-state index contributed by atoms with van der Waals surface area (Å²) in [6, 6.07) is 11.2. The van der Waals surface area contributed by atoms with E-state index in [4.69, 9.17) is 18.6 Å². The molecule has 0 saturated heterocycles. The molecule has 0 saturated carbocycles. The number of amides is 1. The van der Waals surface area contributed by atoms with Crippen LogP contribution in [0, 0.1) is 0 Å². The lowest BCUT2D eigenvalue weighted by molar-refractivity contribution is -0.121. The second-order valence-corrected chi connectivity index (χ2v) is 6.49. The number of ether oxygens (including phenoxy) is 3. The second kappa shape index (κ2) is 7.23. The Hall–Kier alpha value is -3.15. The average Bonchev–Trinajstić information content (AvgIpc) is 3.09. The summed E-state index contributed by atoms with van der Waals surface area (Å²) in [7, 11) is 1.61. The highest BCUT2D eigenvalue weighted by molar-refractivity contribution is 5.88. The van der Waals surface area contributed by atoms with Crippen molar-refractivity contribution in [1.29, 1.82) is 0 Å². The fourth-order valence-electron chi connectivity index (χ4n) is 3.21. The summed E-state index contributed by atoms with van der Waals surface area (Å²) in [6.07, 6.45) is 1.87. The normalized spacial score (nSPS) is 14.0. The number of benzene rings is 2. The SMILES string of the molecule is COc1ccc2c(CC(=O)NC(C)c3ccc4c(c3)OCCO4)coc2c1. The maximum Gasteiger partial charge on any atom is 0.225 e. The molecule has 1 amide bonds. The Morgan fingerprint density at radius 1 is 1.15 bits per heavy atom. The van der Waals surface area contributed by atoms with Crippen LogP contribution in [0.5, 0.6) is 17.2 Å². The molecule has 1 aliphatic rings. The van der Waals surface area contributed by atoms with Crippen LogP contribution in [0.3, 0.4) is 0 Å². The number of hydrogen-bond donors (Lipinski definition) is 1. The molecule has 6 nitrogen and oxygen atoms in total. The van der Waals surface area contributed by atoms with Crippen molar-refractivity contribution in [2.45, 2.75) is 19.4 Å². The van der Waals surface area contributed by atoms with E-state index in [0.29, 0.717) is 18.8 Å². The molecule has 4 rings (SSSR count). The standard InChI is InChI=1S/C21H21NO5/c1-13(14-3-6-18-20(9-14)26-8-7-25-18)22-21(23)10-15-12-27-19-11-16(24-2)4-5-17(15)19/h3-6,9,11-13H,7-8,10H2,1-2H3,(H,22,23). The maximum absolute atomic E-state index is 12.5. The van der Waals surface area contributed by atoms with Crippen LogP contribution in [0.4, 0.5) is 0 Å². The smallest absolute Gasteiger partial charge is 0.225 e. The van der Waals surface area contributed by atoms with Crippen LogP contribution in [-0.2, 0) is 11.2 Å². The van der Waals surface area contributed by atoms with Gasteiger partial charge >= 0.3 is 0 Å². The first kappa shape index (κ1) is 17.3. The minimum absolute atomic E-state index is 0.0732. The van der Waals surface area contributed by atoms with E-state index in [-0.39, 0.29) is 18.4 Å². The van der Waals surface area contributed by atoms with Crippen LogP contribution in [-0.4, -0.2) is 26.2 Å². The van der Waals surface area contributed by atoms with Crippen LogP contribution in [0.15, 0.2) is 47.1 Å². The molecule has 6 heteroatoms. The summed E-state index contributed by atoms with van der Waals surface area (Å²) in [5.41, 5.74) is 2.52. The number of hydrogen-bond acceptors (Lipinski definition) is 5. The van der Waals surface area contributed by atoms with Gasteiger partial charge in [-0.25, -0.2) is 0 Å². The number of methoxy groups -OCH3 is 1. The quantitative estimate of drug-likeness (QED) is 0.746. The highest BCUT2D eigenvalue weighted by Crippen LogP contribution is 2.32. The molecule has 0 radical (unpaired) electrons. The van der Waals surface area contributed by atoms with Gasteiger partial charge in [-0.05, 0) is 36.8 Å². The molecular weight excluding hydrogens is 346 g/mol. The van der Waals surface area contributed by atoms with Crippen LogP contribution in [0.25, 0.3) is 11.0 Å². The molecule has 1 aliphatic heterocycles. The monoisotopic (exact) mass is 367 g/mol. The summed E-state index contributed by atoms with van der Waals surface area (Å²) in [6.45, 7) is 3.04. The third-order valence-corrected chi connectivity index (χ3v) is 4.66. The van der Waals surface area contributed by atoms with Gasteiger partial charge in [-0.1, -0.05) is 6.07 Å². The highest BCUT2D eigenvalue weighted by Gasteiger charge is 2.17. The molecule has 0 aliphatic carbocycles. The minimum atomic E-state index is -0.147. The van der Waals surface area contributed by atoms with Crippen molar-refractivity contribution in [3.05, 3.63) is 53.8 Å². The fraction of sp³-hybridized carbons (Fsp3) is 0.286. The van der Waals surface area contributed by atoms with Gasteiger partial charge in [-0.2, -0.15) is 0 Å². The molecule has 140 valence electrons. The average molecular weight is 367 g/mol. The van der Waals surface area contributed by atoms with Gasteiger partial charge in [0.15, 0.2) is 11.5 Å². The van der Waals surface area contributed by atoms with Crippen LogP contribution in [0.1, 0.15) is 24.1 Å². The van der Waals surface area contributed by atoms with Crippen LogP contribution < -0.4 is 19.5 Å². The zero-order valence-electron chi connectivity index (χ0n) is 15.3. The number of nitrogens with one attached hydrogen (secondary N) is 1. The van der Waals surface area contributed by atoms with Gasteiger partial charge in [0.2, 0.25) is 5.91 Å². The Bertz CT molecular complexity index is 978. The molecule has 1 unspecified atom stereocenters. The Morgan fingerprint density at radius 3 is 2.78 bits per heavy atom. The molecule has 2 aromatic carbocycles. The topological polar surface area (TPSA) is 69.9 Å². The van der Waals surface area contributed by atoms with Crippen molar-refractivity contribution in [2.24, 2.45) is 0 Å². The first-order chi connectivity index (χ1) is 13.1. The molecule has 1 atom stereocenters. The summed E-state index contributed by atoms with van der Waals surface area (Å²) in [4.78, 5) is 12.5. The Morgan fingerprint density at radius 2 is 1.96 bits per heavy atom. The number of fused-ring (bicyclic) bond motifs is 2. The molecule has 1 N–H and O–H groups in total. The van der Waals surface area contributed by atoms with Gasteiger partial charge < -0.3 is 23.9 Å². The van der Waals surface area contributed by atoms with Gasteiger partial charge in [-0.15, -0.1) is 0 Å². The molecular formula is C21H21NO5. The van der Waals surface area contributed by atoms with Crippen molar-refractivity contribution in [2.75, 3.05) is 20.3 Å². The number of carbonyl (C=O) groups is 1. The number of carbonyl (C=O) groups excluding carboxylic acids is 1. The van der Waals surface area contributed by atoms with E-state index < -0.39 is 0 Å². The maximum atomic E-state index is 12.5. The van der Waals surface area contributed by atoms with Gasteiger partial charge in [0.05, 0.1) is 25.8 Å². The van der Waals surface area contributed by atoms with Crippen molar-refractivity contribution in [3.8, 4) is 17.2 Å². The lowest BCUT2D eigenvalue weighted by Gasteiger charge is -2.21. The lowest BCUT2D eigenvalue weighted by Crippen LogP contribution is -2.28. The molecule has 27 heavy (non-hydrogen) atoms. The Balaban J connectivity index is 1.45. The van der Waals surface area contributed by atoms with E-state index in [0.717, 1.165) is 33.8 Å². The van der Waals surface area contributed by atoms with Crippen molar-refractivity contribution in [1.82, 2.24) is 5.32 Å². The summed E-state index contributed by atoms with van der Waals surface area (Å²) >= 11 is 0. The summed E-state index contributed by atoms with van der Waals surface area (Å²) in [5, 5.41) is 3.94. The Kier molecular flexibility index (Phi) is 4.62. The first-order valence-electron chi connectivity index (χ1n) is 8.87. The van der Waals surface area contributed by atoms with Gasteiger partial charge in [-0.3, -0.25) is 4.79 Å². The molecule has 0 bridgehead atoms. The zero-order chi connectivity index (χ0) is 18.8. The van der Waals surface area contributed by atoms with E-state index in [1.165, 1.54) is 0 Å². The van der Waals surface area contributed by atoms with E-state index in [1.807, 2.05) is 43.3 Å². The third-order valence-electron chi connectivity index (χ3n) is 4.66. The van der Waals surface area contributed by atoms with Crippen molar-refractivity contribution < 1.29 is 23.4 Å². The molecule has 0 spiro atoms. The molecule has 1 aromatic heterocycles. The highest BCUT2D eigenvalue weighted by atomic mass is 16.6. The van der Waals surface area contributed by atoms with Gasteiger partial charge in [0, 0.05) is 17.0 Å². The van der Waals surface area contributed by atoms with Crippen LogP contribution >= 0.6 is 0 Å². The predicted molar refractivity (Wildman–Crippen MR) is 100 cm³/mol. The van der Waals surface area contributed by atoms with Crippen molar-refractivity contribution in [3.63, 3.8) is 0 Å². The lowest BCUT2D eigenvalue weighted by atomic mass is 10.1. The van der Waals surface area contributed by atoms with E-state index in [9.17, 15) is 4.79 Å². The number of furan rings is 1. The van der Waals surface area contributed by atoms with Crippen LogP contribution in [0.2, 0.25) is 0 Å². The predicted octanol–water partition coefficient (Wildman–Crippen LogP) is 3.63. The molecule has 2 heterocycles. The zero-order valence-corrected chi connectivity index (χ0v) is 15.3. The molecule has 3 aromatic rings. The van der Waals surface area contributed by atoms with E-state index >= 15 is 0 Å². The Labute approximate surface area is 157 Å². The second-order valence-electron chi connectivity index (χ2n) is 6.49. The van der Waals surface area contributed by atoms with E-state index in [1.54, 1.807) is 13.4 Å². The number of rotatable bonds is 5. The van der Waals surface area contributed by atoms with Gasteiger partial charge in [0.1, 0.15) is 24.5 Å². The third kappa shape index (κ3) is 3.56. The minimum Gasteiger partial charge on any atom is -0.497 e. The van der Waals surface area contributed by atoms with Gasteiger partial charge in [0.25, 0.3) is 0 Å². The van der Waals surface area contributed by atoms with E-state index in [2.05, 4.69) is 5.32 Å². The summed E-state index contributed by atoms with van der Waals surface area (Å²) < 4.78 is 21.9. The fourth-order valence-corrected chi connectivity index (χ4v) is 3.21. The van der Waals surface area contributed by atoms with Crippen molar-refractivity contribution >= 4 is 16.9 Å².